The molecule has 1 aliphatic heterocycles. The molecule has 2 heterocycles. The second-order valence-corrected chi connectivity index (χ2v) is 9.63. The van der Waals surface area contributed by atoms with Gasteiger partial charge in [0, 0.05) is 49.0 Å². The molecule has 30 heavy (non-hydrogen) atoms. The Morgan fingerprint density at radius 3 is 2.63 bits per heavy atom. The standard InChI is InChI=1S/C21H20ClN5O2S/c1-26-13-21(24-14-26)30(28,29)27-11-19(16-5-3-2-4-6-16)20(12-27)25-18-8-15(10-23)7-17(22)9-18/h2-9,13-14,19-20,25H,11-12H2,1H3. The molecule has 0 radical (unpaired) electrons. The summed E-state index contributed by atoms with van der Waals surface area (Å²) in [6.07, 6.45) is 2.98. The summed E-state index contributed by atoms with van der Waals surface area (Å²) in [5, 5.41) is 13.1. The molecule has 1 saturated heterocycles. The van der Waals surface area contributed by atoms with Crippen LogP contribution in [0.1, 0.15) is 17.0 Å². The molecule has 0 bridgehead atoms. The van der Waals surface area contributed by atoms with Gasteiger partial charge < -0.3 is 9.88 Å². The van der Waals surface area contributed by atoms with Crippen molar-refractivity contribution in [3.8, 4) is 6.07 Å². The summed E-state index contributed by atoms with van der Waals surface area (Å²) < 4.78 is 29.3. The fourth-order valence-electron chi connectivity index (χ4n) is 3.75. The van der Waals surface area contributed by atoms with Gasteiger partial charge in [-0.05, 0) is 23.8 Å². The van der Waals surface area contributed by atoms with Crippen molar-refractivity contribution in [2.45, 2.75) is 17.0 Å². The van der Waals surface area contributed by atoms with Crippen LogP contribution < -0.4 is 5.32 Å². The minimum absolute atomic E-state index is 0.0342. The van der Waals surface area contributed by atoms with Gasteiger partial charge in [-0.2, -0.15) is 9.57 Å². The lowest BCUT2D eigenvalue weighted by Crippen LogP contribution is -2.32. The van der Waals surface area contributed by atoms with Crippen LogP contribution in [0.5, 0.6) is 0 Å². The molecule has 7 nitrogen and oxygen atoms in total. The SMILES string of the molecule is Cn1cnc(S(=O)(=O)N2CC(Nc3cc(Cl)cc(C#N)c3)C(c3ccccc3)C2)c1. The van der Waals surface area contributed by atoms with E-state index in [0.29, 0.717) is 22.8 Å². The molecule has 4 rings (SSSR count). The number of rotatable bonds is 5. The Bertz CT molecular complexity index is 1200. The van der Waals surface area contributed by atoms with Crippen LogP contribution in [0, 0.1) is 11.3 Å². The van der Waals surface area contributed by atoms with Gasteiger partial charge in [0.15, 0.2) is 5.03 Å². The van der Waals surface area contributed by atoms with E-state index in [-0.39, 0.29) is 23.5 Å². The lowest BCUT2D eigenvalue weighted by Gasteiger charge is -2.21. The first-order valence-electron chi connectivity index (χ1n) is 9.37. The number of sulfonamides is 1. The zero-order valence-electron chi connectivity index (χ0n) is 16.2. The van der Waals surface area contributed by atoms with E-state index in [9.17, 15) is 13.7 Å². The van der Waals surface area contributed by atoms with Gasteiger partial charge in [0.1, 0.15) is 0 Å². The molecule has 1 aliphatic rings. The van der Waals surface area contributed by atoms with Gasteiger partial charge in [-0.15, -0.1) is 0 Å². The van der Waals surface area contributed by atoms with E-state index in [4.69, 9.17) is 11.6 Å². The Balaban J connectivity index is 1.67. The second-order valence-electron chi connectivity index (χ2n) is 7.31. The van der Waals surface area contributed by atoms with Crippen LogP contribution in [0.3, 0.4) is 0 Å². The monoisotopic (exact) mass is 441 g/mol. The van der Waals surface area contributed by atoms with Crippen LogP contribution in [0.4, 0.5) is 5.69 Å². The van der Waals surface area contributed by atoms with Crippen molar-refractivity contribution in [1.29, 1.82) is 5.26 Å². The average Bonchev–Trinajstić information content (AvgIpc) is 3.35. The van der Waals surface area contributed by atoms with Crippen molar-refractivity contribution in [2.24, 2.45) is 7.05 Å². The number of hydrogen-bond acceptors (Lipinski definition) is 5. The molecule has 9 heteroatoms. The largest absolute Gasteiger partial charge is 0.380 e. The minimum Gasteiger partial charge on any atom is -0.380 e. The number of imidazole rings is 1. The van der Waals surface area contributed by atoms with Gasteiger partial charge in [-0.1, -0.05) is 41.9 Å². The predicted molar refractivity (Wildman–Crippen MR) is 115 cm³/mol. The van der Waals surface area contributed by atoms with Crippen LogP contribution in [0.15, 0.2) is 66.1 Å². The Kier molecular flexibility index (Phi) is 5.52. The zero-order chi connectivity index (χ0) is 21.3. The molecular formula is C21H20ClN5O2S. The molecule has 0 saturated carbocycles. The van der Waals surface area contributed by atoms with Crippen molar-refractivity contribution >= 4 is 27.3 Å². The molecule has 2 unspecified atom stereocenters. The summed E-state index contributed by atoms with van der Waals surface area (Å²) in [6, 6.07) is 16.7. The highest BCUT2D eigenvalue weighted by Gasteiger charge is 2.41. The second kappa shape index (κ2) is 8.11. The molecule has 0 aliphatic carbocycles. The third-order valence-electron chi connectivity index (χ3n) is 5.18. The number of nitrogens with zero attached hydrogens (tertiary/aromatic N) is 4. The van der Waals surface area contributed by atoms with Gasteiger partial charge >= 0.3 is 0 Å². The Morgan fingerprint density at radius 2 is 1.97 bits per heavy atom. The van der Waals surface area contributed by atoms with Crippen LogP contribution >= 0.6 is 11.6 Å². The van der Waals surface area contributed by atoms with Crippen LogP contribution in [-0.4, -0.2) is 41.4 Å². The maximum atomic E-state index is 13.1. The van der Waals surface area contributed by atoms with Crippen LogP contribution in [0.2, 0.25) is 5.02 Å². The van der Waals surface area contributed by atoms with E-state index in [2.05, 4.69) is 16.4 Å². The summed E-state index contributed by atoms with van der Waals surface area (Å²) >= 11 is 6.14. The number of benzene rings is 2. The molecule has 154 valence electrons. The number of hydrogen-bond donors (Lipinski definition) is 1. The predicted octanol–water partition coefficient (Wildman–Crippen LogP) is 3.21. The molecule has 1 aromatic heterocycles. The van der Waals surface area contributed by atoms with Crippen molar-refractivity contribution < 1.29 is 8.42 Å². The normalized spacial score (nSPS) is 19.5. The number of nitriles is 1. The number of aromatic nitrogens is 2. The maximum absolute atomic E-state index is 13.1. The van der Waals surface area contributed by atoms with Gasteiger partial charge in [0.25, 0.3) is 10.0 Å². The fraction of sp³-hybridized carbons (Fsp3) is 0.238. The molecule has 2 atom stereocenters. The minimum atomic E-state index is -3.72. The number of nitrogens with one attached hydrogen (secondary N) is 1. The third-order valence-corrected chi connectivity index (χ3v) is 7.11. The van der Waals surface area contributed by atoms with Crippen LogP contribution in [-0.2, 0) is 17.1 Å². The van der Waals surface area contributed by atoms with Crippen LogP contribution in [0.25, 0.3) is 0 Å². The lowest BCUT2D eigenvalue weighted by atomic mass is 9.94. The molecular weight excluding hydrogens is 422 g/mol. The lowest BCUT2D eigenvalue weighted by molar-refractivity contribution is 0.468. The van der Waals surface area contributed by atoms with Crippen molar-refractivity contribution in [1.82, 2.24) is 13.9 Å². The molecule has 0 spiro atoms. The molecule has 3 aromatic rings. The van der Waals surface area contributed by atoms with E-state index in [1.807, 2.05) is 30.3 Å². The Labute approximate surface area is 180 Å². The summed E-state index contributed by atoms with van der Waals surface area (Å²) in [5.74, 6) is -0.0748. The first kappa shape index (κ1) is 20.4. The van der Waals surface area contributed by atoms with Gasteiger partial charge in [-0.25, -0.2) is 13.4 Å². The van der Waals surface area contributed by atoms with Crippen molar-refractivity contribution in [3.63, 3.8) is 0 Å². The molecule has 1 fully saturated rings. The summed E-state index contributed by atoms with van der Waals surface area (Å²) in [4.78, 5) is 4.03. The highest BCUT2D eigenvalue weighted by molar-refractivity contribution is 7.89. The maximum Gasteiger partial charge on any atom is 0.262 e. The molecule has 1 N–H and O–H groups in total. The van der Waals surface area contributed by atoms with E-state index < -0.39 is 10.0 Å². The third kappa shape index (κ3) is 4.05. The van der Waals surface area contributed by atoms with E-state index in [1.165, 1.54) is 16.8 Å². The summed E-state index contributed by atoms with van der Waals surface area (Å²) in [7, 11) is -1.99. The first-order valence-corrected chi connectivity index (χ1v) is 11.2. The van der Waals surface area contributed by atoms with E-state index in [1.54, 1.807) is 29.8 Å². The Hall–Kier alpha value is -2.86. The summed E-state index contributed by atoms with van der Waals surface area (Å²) in [6.45, 7) is 0.596. The molecule has 2 aromatic carbocycles. The number of halogens is 1. The zero-order valence-corrected chi connectivity index (χ0v) is 17.8. The smallest absolute Gasteiger partial charge is 0.262 e. The first-order chi connectivity index (χ1) is 14.4. The highest BCUT2D eigenvalue weighted by atomic mass is 35.5. The topological polar surface area (TPSA) is 91.0 Å². The quantitative estimate of drug-likeness (QED) is 0.656. The van der Waals surface area contributed by atoms with Crippen molar-refractivity contribution in [2.75, 3.05) is 18.4 Å². The summed E-state index contributed by atoms with van der Waals surface area (Å²) in [5.41, 5.74) is 2.16. The number of anilines is 1. The van der Waals surface area contributed by atoms with Gasteiger partial charge in [-0.3, -0.25) is 0 Å². The van der Waals surface area contributed by atoms with Gasteiger partial charge in [0.2, 0.25) is 0 Å². The average molecular weight is 442 g/mol. The van der Waals surface area contributed by atoms with Gasteiger partial charge in [0.05, 0.1) is 18.0 Å². The number of aryl methyl sites for hydroxylation is 1. The Morgan fingerprint density at radius 1 is 1.20 bits per heavy atom. The van der Waals surface area contributed by atoms with E-state index >= 15 is 0 Å². The van der Waals surface area contributed by atoms with E-state index in [0.717, 1.165) is 5.56 Å². The fourth-order valence-corrected chi connectivity index (χ4v) is 5.45. The van der Waals surface area contributed by atoms with Crippen molar-refractivity contribution in [3.05, 3.63) is 77.2 Å². The highest BCUT2D eigenvalue weighted by Crippen LogP contribution is 2.33. The molecule has 0 amide bonds.